The van der Waals surface area contributed by atoms with Gasteiger partial charge in [0.05, 0.1) is 22.5 Å². The van der Waals surface area contributed by atoms with E-state index >= 15 is 0 Å². The maximum absolute atomic E-state index is 13.5. The van der Waals surface area contributed by atoms with Crippen LogP contribution in [0.3, 0.4) is 0 Å². The van der Waals surface area contributed by atoms with Crippen LogP contribution in [-0.2, 0) is 14.4 Å². The lowest BCUT2D eigenvalue weighted by Gasteiger charge is -2.15. The molecule has 1 atom stereocenters. The Hall–Kier alpha value is -4.19. The van der Waals surface area contributed by atoms with Crippen LogP contribution in [-0.4, -0.2) is 36.0 Å². The molecule has 0 saturated carbocycles. The third-order valence-electron chi connectivity index (χ3n) is 6.58. The predicted octanol–water partition coefficient (Wildman–Crippen LogP) is 7.05. The summed E-state index contributed by atoms with van der Waals surface area (Å²) in [7, 11) is 1.56. The molecule has 5 rings (SSSR count). The van der Waals surface area contributed by atoms with Crippen molar-refractivity contribution in [1.29, 1.82) is 0 Å². The SMILES string of the molecule is COc1ccc(/C=C(\NC(=O)c2ccccc2)C(=O)Nc2cccc(S[C@@H]3CC(=O)N(c4ccc(Br)cc4)C3=O)c2)cc1Br. The van der Waals surface area contributed by atoms with E-state index in [4.69, 9.17) is 4.74 Å². The number of nitrogens with zero attached hydrogens (tertiary/aromatic N) is 1. The molecule has 2 N–H and O–H groups in total. The van der Waals surface area contributed by atoms with E-state index < -0.39 is 17.1 Å². The van der Waals surface area contributed by atoms with Gasteiger partial charge in [-0.1, -0.05) is 46.3 Å². The summed E-state index contributed by atoms with van der Waals surface area (Å²) in [5.41, 5.74) is 2.05. The topological polar surface area (TPSA) is 105 Å². The molecule has 0 bridgehead atoms. The number of amides is 4. The molecule has 44 heavy (non-hydrogen) atoms. The number of halogens is 2. The standard InChI is InChI=1S/C33H25Br2N3O5S/c1-43-28-15-10-20(16-26(28)35)17-27(37-31(40)21-6-3-2-4-7-21)32(41)36-23-8-5-9-25(18-23)44-29-19-30(39)38(33(29)42)24-13-11-22(34)12-14-24/h2-18,29H,19H2,1H3,(H,36,41)(H,37,40)/b27-17-/t29-/m1/s1. The van der Waals surface area contributed by atoms with Gasteiger partial charge in [0.1, 0.15) is 11.4 Å². The zero-order valence-electron chi connectivity index (χ0n) is 23.3. The molecule has 11 heteroatoms. The van der Waals surface area contributed by atoms with E-state index in [0.29, 0.717) is 37.6 Å². The Labute approximate surface area is 275 Å². The Morgan fingerprint density at radius 2 is 1.68 bits per heavy atom. The number of rotatable bonds is 9. The van der Waals surface area contributed by atoms with Gasteiger partial charge in [-0.15, -0.1) is 11.8 Å². The first kappa shape index (κ1) is 31.2. The highest BCUT2D eigenvalue weighted by atomic mass is 79.9. The molecular formula is C33H25Br2N3O5S. The van der Waals surface area contributed by atoms with Crippen molar-refractivity contribution < 1.29 is 23.9 Å². The highest BCUT2D eigenvalue weighted by molar-refractivity contribution is 9.10. The van der Waals surface area contributed by atoms with Crippen LogP contribution in [0.2, 0.25) is 0 Å². The van der Waals surface area contributed by atoms with Crippen LogP contribution >= 0.6 is 43.6 Å². The van der Waals surface area contributed by atoms with Crippen LogP contribution < -0.4 is 20.3 Å². The highest BCUT2D eigenvalue weighted by Gasteiger charge is 2.40. The first-order valence-electron chi connectivity index (χ1n) is 13.3. The Morgan fingerprint density at radius 3 is 2.39 bits per heavy atom. The fourth-order valence-electron chi connectivity index (χ4n) is 4.45. The predicted molar refractivity (Wildman–Crippen MR) is 179 cm³/mol. The Balaban J connectivity index is 1.34. The van der Waals surface area contributed by atoms with Crippen molar-refractivity contribution in [2.75, 3.05) is 17.3 Å². The lowest BCUT2D eigenvalue weighted by atomic mass is 10.1. The lowest BCUT2D eigenvalue weighted by Crippen LogP contribution is -2.31. The number of hydrogen-bond acceptors (Lipinski definition) is 6. The number of methoxy groups -OCH3 is 1. The van der Waals surface area contributed by atoms with E-state index in [1.54, 1.807) is 104 Å². The second kappa shape index (κ2) is 14.1. The number of carbonyl (C=O) groups is 4. The van der Waals surface area contributed by atoms with E-state index in [-0.39, 0.29) is 23.9 Å². The van der Waals surface area contributed by atoms with E-state index in [1.165, 1.54) is 16.7 Å². The fraction of sp³-hybridized carbons (Fsp3) is 0.0909. The molecule has 0 aliphatic carbocycles. The van der Waals surface area contributed by atoms with Gasteiger partial charge in [-0.2, -0.15) is 0 Å². The number of imide groups is 1. The van der Waals surface area contributed by atoms with Gasteiger partial charge in [-0.25, -0.2) is 4.90 Å². The minimum Gasteiger partial charge on any atom is -0.496 e. The number of ether oxygens (including phenoxy) is 1. The van der Waals surface area contributed by atoms with E-state index in [0.717, 1.165) is 4.47 Å². The number of hydrogen-bond donors (Lipinski definition) is 2. The number of nitrogens with one attached hydrogen (secondary N) is 2. The van der Waals surface area contributed by atoms with E-state index in [1.807, 2.05) is 6.07 Å². The zero-order chi connectivity index (χ0) is 31.2. The van der Waals surface area contributed by atoms with Crippen molar-refractivity contribution in [3.8, 4) is 5.75 Å². The van der Waals surface area contributed by atoms with Crippen molar-refractivity contribution in [2.24, 2.45) is 0 Å². The molecule has 1 aliphatic rings. The van der Waals surface area contributed by atoms with Crippen LogP contribution in [0.5, 0.6) is 5.75 Å². The van der Waals surface area contributed by atoms with Crippen LogP contribution in [0.4, 0.5) is 11.4 Å². The molecule has 0 spiro atoms. The van der Waals surface area contributed by atoms with Crippen LogP contribution in [0.25, 0.3) is 6.08 Å². The first-order valence-corrected chi connectivity index (χ1v) is 15.8. The number of benzene rings is 4. The van der Waals surface area contributed by atoms with Crippen LogP contribution in [0.1, 0.15) is 22.3 Å². The van der Waals surface area contributed by atoms with Crippen molar-refractivity contribution in [3.05, 3.63) is 123 Å². The third kappa shape index (κ3) is 7.47. The summed E-state index contributed by atoms with van der Waals surface area (Å²) < 4.78 is 6.83. The number of thioether (sulfide) groups is 1. The number of anilines is 2. The molecule has 4 aromatic rings. The van der Waals surface area contributed by atoms with E-state index in [2.05, 4.69) is 42.5 Å². The summed E-state index contributed by atoms with van der Waals surface area (Å²) in [6.45, 7) is 0. The van der Waals surface area contributed by atoms with Gasteiger partial charge < -0.3 is 15.4 Å². The Kier molecular flexibility index (Phi) is 9.99. The summed E-state index contributed by atoms with van der Waals surface area (Å²) in [4.78, 5) is 54.3. The zero-order valence-corrected chi connectivity index (χ0v) is 27.2. The Morgan fingerprint density at radius 1 is 0.932 bits per heavy atom. The molecule has 1 fully saturated rings. The molecule has 0 unspecified atom stereocenters. The van der Waals surface area contributed by atoms with Crippen molar-refractivity contribution in [3.63, 3.8) is 0 Å². The molecule has 0 aromatic heterocycles. The van der Waals surface area contributed by atoms with Gasteiger partial charge in [0, 0.05) is 27.0 Å². The smallest absolute Gasteiger partial charge is 0.272 e. The molecule has 4 amide bonds. The van der Waals surface area contributed by atoms with Crippen LogP contribution in [0.15, 0.2) is 117 Å². The maximum Gasteiger partial charge on any atom is 0.272 e. The molecule has 0 radical (unpaired) electrons. The molecule has 222 valence electrons. The van der Waals surface area contributed by atoms with E-state index in [9.17, 15) is 19.2 Å². The third-order valence-corrected chi connectivity index (χ3v) is 8.90. The summed E-state index contributed by atoms with van der Waals surface area (Å²) in [5.74, 6) is -0.927. The van der Waals surface area contributed by atoms with Gasteiger partial charge in [0.2, 0.25) is 11.8 Å². The first-order chi connectivity index (χ1) is 21.2. The highest BCUT2D eigenvalue weighted by Crippen LogP contribution is 2.35. The lowest BCUT2D eigenvalue weighted by molar-refractivity contribution is -0.121. The monoisotopic (exact) mass is 733 g/mol. The van der Waals surface area contributed by atoms with Gasteiger partial charge in [0.25, 0.3) is 11.8 Å². The average molecular weight is 735 g/mol. The molecule has 1 aliphatic heterocycles. The normalized spacial score (nSPS) is 14.8. The average Bonchev–Trinajstić information content (AvgIpc) is 3.29. The fourth-order valence-corrected chi connectivity index (χ4v) is 6.38. The van der Waals surface area contributed by atoms with Crippen molar-refractivity contribution >= 4 is 84.7 Å². The summed E-state index contributed by atoms with van der Waals surface area (Å²) in [6, 6.07) is 27.9. The largest absolute Gasteiger partial charge is 0.496 e. The van der Waals surface area contributed by atoms with Crippen molar-refractivity contribution in [1.82, 2.24) is 5.32 Å². The molecule has 1 saturated heterocycles. The van der Waals surface area contributed by atoms with Gasteiger partial charge in [-0.3, -0.25) is 19.2 Å². The maximum atomic E-state index is 13.5. The molecule has 8 nitrogen and oxygen atoms in total. The number of carbonyl (C=O) groups excluding carboxylic acids is 4. The Bertz CT molecular complexity index is 1760. The second-order valence-corrected chi connectivity index (χ2v) is 12.7. The van der Waals surface area contributed by atoms with Crippen LogP contribution in [0, 0.1) is 0 Å². The summed E-state index contributed by atoms with van der Waals surface area (Å²) in [5, 5.41) is 4.96. The minimum absolute atomic E-state index is 0.0238. The quantitative estimate of drug-likeness (QED) is 0.141. The summed E-state index contributed by atoms with van der Waals surface area (Å²) in [6.07, 6.45) is 1.63. The van der Waals surface area contributed by atoms with Gasteiger partial charge in [0.15, 0.2) is 0 Å². The second-order valence-electron chi connectivity index (χ2n) is 9.61. The summed E-state index contributed by atoms with van der Waals surface area (Å²) >= 11 is 8.08. The molecule has 4 aromatic carbocycles. The van der Waals surface area contributed by atoms with Crippen molar-refractivity contribution in [2.45, 2.75) is 16.6 Å². The van der Waals surface area contributed by atoms with Gasteiger partial charge >= 0.3 is 0 Å². The molecular weight excluding hydrogens is 710 g/mol. The van der Waals surface area contributed by atoms with Gasteiger partial charge in [-0.05, 0) is 94.3 Å². The minimum atomic E-state index is -0.605. The molecule has 1 heterocycles.